The number of hydrogen-bond donors (Lipinski definition) is 1. The number of benzene rings is 1. The number of nitrogens with zero attached hydrogens (tertiary/aromatic N) is 2. The predicted molar refractivity (Wildman–Crippen MR) is 78.0 cm³/mol. The van der Waals surface area contributed by atoms with Gasteiger partial charge in [0.1, 0.15) is 0 Å². The van der Waals surface area contributed by atoms with Gasteiger partial charge in [-0.15, -0.1) is 10.2 Å². The molecule has 1 fully saturated rings. The van der Waals surface area contributed by atoms with Gasteiger partial charge in [-0.25, -0.2) is 0 Å². The Kier molecular flexibility index (Phi) is 4.20. The maximum Gasteiger partial charge on any atom is 0.276 e. The minimum Gasteiger partial charge on any atom is -0.414 e. The molecule has 1 N–H and O–H groups in total. The molecule has 1 saturated heterocycles. The molecule has 1 atom stereocenters. The number of rotatable bonds is 4. The molecule has 0 saturated carbocycles. The Morgan fingerprint density at radius 3 is 3.16 bits per heavy atom. The second kappa shape index (κ2) is 6.07. The average Bonchev–Trinajstić information content (AvgIpc) is 3.07. The van der Waals surface area contributed by atoms with Gasteiger partial charge < -0.3 is 9.73 Å². The van der Waals surface area contributed by atoms with E-state index in [-0.39, 0.29) is 6.04 Å². The van der Waals surface area contributed by atoms with E-state index >= 15 is 0 Å². The number of nitrogens with one attached hydrogen (secondary N) is 1. The zero-order valence-corrected chi connectivity index (χ0v) is 12.7. The molecule has 100 valence electrons. The van der Waals surface area contributed by atoms with Gasteiger partial charge in [0, 0.05) is 10.2 Å². The van der Waals surface area contributed by atoms with Crippen molar-refractivity contribution in [3.63, 3.8) is 0 Å². The second-order valence-electron chi connectivity index (χ2n) is 4.47. The minimum atomic E-state index is 0.243. The summed E-state index contributed by atoms with van der Waals surface area (Å²) in [5, 5.41) is 12.2. The topological polar surface area (TPSA) is 51.0 Å². The quantitative estimate of drug-likeness (QED) is 0.863. The van der Waals surface area contributed by atoms with Crippen LogP contribution in [0.2, 0.25) is 0 Å². The lowest BCUT2D eigenvalue weighted by Gasteiger charge is -2.02. The molecule has 3 rings (SSSR count). The van der Waals surface area contributed by atoms with Crippen molar-refractivity contribution in [2.24, 2.45) is 0 Å². The highest BCUT2D eigenvalue weighted by molar-refractivity contribution is 9.10. The molecule has 0 bridgehead atoms. The summed E-state index contributed by atoms with van der Waals surface area (Å²) >= 11 is 5.04. The summed E-state index contributed by atoms with van der Waals surface area (Å²) in [5.74, 6) is 1.55. The normalized spacial score (nSPS) is 18.9. The summed E-state index contributed by atoms with van der Waals surface area (Å²) < 4.78 is 6.78. The lowest BCUT2D eigenvalue weighted by molar-refractivity contribution is 0.374. The van der Waals surface area contributed by atoms with Crippen LogP contribution < -0.4 is 5.32 Å². The van der Waals surface area contributed by atoms with Gasteiger partial charge >= 0.3 is 0 Å². The molecule has 0 unspecified atom stereocenters. The Morgan fingerprint density at radius 2 is 2.37 bits per heavy atom. The molecule has 1 aromatic heterocycles. The second-order valence-corrected chi connectivity index (χ2v) is 6.32. The van der Waals surface area contributed by atoms with Crippen LogP contribution in [0.25, 0.3) is 0 Å². The first kappa shape index (κ1) is 13.1. The Morgan fingerprint density at radius 1 is 1.42 bits per heavy atom. The molecule has 2 heterocycles. The summed E-state index contributed by atoms with van der Waals surface area (Å²) in [6, 6.07) is 8.48. The number of hydrogen-bond acceptors (Lipinski definition) is 5. The third kappa shape index (κ3) is 3.38. The van der Waals surface area contributed by atoms with Crippen molar-refractivity contribution >= 4 is 27.7 Å². The molecule has 1 aromatic carbocycles. The van der Waals surface area contributed by atoms with E-state index in [0.29, 0.717) is 11.1 Å². The van der Waals surface area contributed by atoms with Crippen molar-refractivity contribution in [1.29, 1.82) is 0 Å². The van der Waals surface area contributed by atoms with Crippen LogP contribution in [0.1, 0.15) is 30.3 Å². The average molecular weight is 340 g/mol. The molecule has 6 heteroatoms. The van der Waals surface area contributed by atoms with E-state index < -0.39 is 0 Å². The Labute approximate surface area is 124 Å². The highest BCUT2D eigenvalue weighted by Crippen LogP contribution is 2.27. The summed E-state index contributed by atoms with van der Waals surface area (Å²) in [4.78, 5) is 0. The molecule has 1 aliphatic rings. The van der Waals surface area contributed by atoms with E-state index in [4.69, 9.17) is 4.42 Å². The SMILES string of the molecule is Brc1cccc(CSc2nnc([C@H]3CCCN3)o2)c1. The fourth-order valence-corrected chi connectivity index (χ4v) is 3.25. The fraction of sp³-hybridized carbons (Fsp3) is 0.385. The van der Waals surface area contributed by atoms with Crippen molar-refractivity contribution < 1.29 is 4.42 Å². The molecule has 0 radical (unpaired) electrons. The first-order valence-corrected chi connectivity index (χ1v) is 8.03. The molecule has 0 amide bonds. The van der Waals surface area contributed by atoms with Gasteiger partial charge in [0.05, 0.1) is 6.04 Å². The zero-order chi connectivity index (χ0) is 13.1. The number of thioether (sulfide) groups is 1. The summed E-state index contributed by atoms with van der Waals surface area (Å²) in [6.45, 7) is 1.04. The lowest BCUT2D eigenvalue weighted by atomic mass is 10.2. The van der Waals surface area contributed by atoms with Crippen LogP contribution in [-0.4, -0.2) is 16.7 Å². The maximum absolute atomic E-state index is 5.69. The van der Waals surface area contributed by atoms with E-state index in [2.05, 4.69) is 43.6 Å². The lowest BCUT2D eigenvalue weighted by Crippen LogP contribution is -2.12. The highest BCUT2D eigenvalue weighted by atomic mass is 79.9. The van der Waals surface area contributed by atoms with Crippen molar-refractivity contribution in [2.45, 2.75) is 29.9 Å². The molecule has 1 aliphatic heterocycles. The van der Waals surface area contributed by atoms with Gasteiger partial charge in [-0.2, -0.15) is 0 Å². The van der Waals surface area contributed by atoms with Gasteiger partial charge in [0.15, 0.2) is 0 Å². The Balaban J connectivity index is 1.61. The zero-order valence-electron chi connectivity index (χ0n) is 10.3. The standard InChI is InChI=1S/C13H14BrN3OS/c14-10-4-1-3-9(7-10)8-19-13-17-16-12(18-13)11-5-2-6-15-11/h1,3-4,7,11,15H,2,5-6,8H2/t11-/m1/s1. The molecule has 0 aliphatic carbocycles. The van der Waals surface area contributed by atoms with Crippen molar-refractivity contribution in [1.82, 2.24) is 15.5 Å². The largest absolute Gasteiger partial charge is 0.414 e. The first-order valence-electron chi connectivity index (χ1n) is 6.25. The highest BCUT2D eigenvalue weighted by Gasteiger charge is 2.22. The van der Waals surface area contributed by atoms with Crippen LogP contribution >= 0.6 is 27.7 Å². The van der Waals surface area contributed by atoms with Gasteiger partial charge in [0.25, 0.3) is 5.22 Å². The smallest absolute Gasteiger partial charge is 0.276 e. The third-order valence-electron chi connectivity index (χ3n) is 3.03. The van der Waals surface area contributed by atoms with Gasteiger partial charge in [-0.1, -0.05) is 39.8 Å². The van der Waals surface area contributed by atoms with Crippen LogP contribution in [0, 0.1) is 0 Å². The molecule has 19 heavy (non-hydrogen) atoms. The monoisotopic (exact) mass is 339 g/mol. The van der Waals surface area contributed by atoms with Crippen molar-refractivity contribution in [3.05, 3.63) is 40.2 Å². The molecule has 0 spiro atoms. The summed E-state index contributed by atoms with van der Waals surface area (Å²) in [7, 11) is 0. The van der Waals surface area contributed by atoms with Crippen LogP contribution in [-0.2, 0) is 5.75 Å². The summed E-state index contributed by atoms with van der Waals surface area (Å²) in [5.41, 5.74) is 1.23. The molecular weight excluding hydrogens is 326 g/mol. The third-order valence-corrected chi connectivity index (χ3v) is 4.41. The Bertz CT molecular complexity index is 554. The minimum absolute atomic E-state index is 0.243. The molecule has 4 nitrogen and oxygen atoms in total. The number of halogens is 1. The van der Waals surface area contributed by atoms with Crippen molar-refractivity contribution in [2.75, 3.05) is 6.54 Å². The first-order chi connectivity index (χ1) is 9.31. The van der Waals surface area contributed by atoms with Gasteiger partial charge in [-0.3, -0.25) is 0 Å². The van der Waals surface area contributed by atoms with Gasteiger partial charge in [0.2, 0.25) is 5.89 Å². The van der Waals surface area contributed by atoms with Crippen molar-refractivity contribution in [3.8, 4) is 0 Å². The van der Waals surface area contributed by atoms with E-state index in [1.54, 1.807) is 11.8 Å². The van der Waals surface area contributed by atoms with E-state index in [1.165, 1.54) is 12.0 Å². The van der Waals surface area contributed by atoms with E-state index in [1.807, 2.05) is 12.1 Å². The Hall–Kier alpha value is -0.850. The van der Waals surface area contributed by atoms with Gasteiger partial charge in [-0.05, 0) is 37.1 Å². The van der Waals surface area contributed by atoms with Crippen LogP contribution in [0.5, 0.6) is 0 Å². The van der Waals surface area contributed by atoms with Crippen LogP contribution in [0.3, 0.4) is 0 Å². The van der Waals surface area contributed by atoms with E-state index in [9.17, 15) is 0 Å². The maximum atomic E-state index is 5.69. The molecular formula is C13H14BrN3OS. The molecule has 2 aromatic rings. The van der Waals surface area contributed by atoms with Crippen LogP contribution in [0.15, 0.2) is 38.4 Å². The van der Waals surface area contributed by atoms with Crippen LogP contribution in [0.4, 0.5) is 0 Å². The summed E-state index contributed by atoms with van der Waals surface area (Å²) in [6.07, 6.45) is 2.26. The number of aromatic nitrogens is 2. The fourth-order valence-electron chi connectivity index (χ4n) is 2.09. The predicted octanol–water partition coefficient (Wildman–Crippen LogP) is 3.55. The van der Waals surface area contributed by atoms with E-state index in [0.717, 1.165) is 23.2 Å².